The predicted molar refractivity (Wildman–Crippen MR) is 103 cm³/mol. The summed E-state index contributed by atoms with van der Waals surface area (Å²) >= 11 is 0. The molecule has 0 spiro atoms. The molecule has 0 radical (unpaired) electrons. The average Bonchev–Trinajstić information content (AvgIpc) is 2.66. The molecule has 0 unspecified atom stereocenters. The number of carbonyl (C=O) groups is 2. The lowest BCUT2D eigenvalue weighted by Gasteiger charge is -2.15. The van der Waals surface area contributed by atoms with Crippen LogP contribution in [-0.2, 0) is 9.59 Å². The average molecular weight is 369 g/mol. The summed E-state index contributed by atoms with van der Waals surface area (Å²) in [5.41, 5.74) is 7.97. The van der Waals surface area contributed by atoms with E-state index >= 15 is 0 Å². The maximum atomic E-state index is 12.1. The molecule has 1 amide bonds. The third-order valence-corrected chi connectivity index (χ3v) is 4.02. The highest BCUT2D eigenvalue weighted by Gasteiger charge is 2.18. The number of carboxylic acids is 1. The van der Waals surface area contributed by atoms with Gasteiger partial charge in [-0.25, -0.2) is 0 Å². The lowest BCUT2D eigenvalue weighted by Crippen LogP contribution is -2.17. The number of rotatable bonds is 9. The number of nitrogens with two attached hydrogens (primary N) is 1. The van der Waals surface area contributed by atoms with Crippen molar-refractivity contribution in [2.45, 2.75) is 19.8 Å². The molecule has 0 aliphatic heterocycles. The van der Waals surface area contributed by atoms with Crippen molar-refractivity contribution in [2.75, 3.05) is 13.7 Å². The Morgan fingerprint density at radius 1 is 0.926 bits per heavy atom. The van der Waals surface area contributed by atoms with Gasteiger partial charge in [-0.1, -0.05) is 24.3 Å². The van der Waals surface area contributed by atoms with E-state index in [4.69, 9.17) is 20.3 Å². The van der Waals surface area contributed by atoms with Gasteiger partial charge in [0.25, 0.3) is 0 Å². The SMILES string of the molecule is CCOc1ccc(C(=C(CCC(=O)O)C(N)=O)c2ccc(OC)cc2)cc1. The molecule has 6 nitrogen and oxygen atoms in total. The van der Waals surface area contributed by atoms with E-state index in [0.29, 0.717) is 23.7 Å². The van der Waals surface area contributed by atoms with E-state index < -0.39 is 11.9 Å². The Morgan fingerprint density at radius 3 is 1.85 bits per heavy atom. The minimum atomic E-state index is -0.991. The molecule has 0 saturated heterocycles. The summed E-state index contributed by atoms with van der Waals surface area (Å²) in [6.07, 6.45) is -0.145. The smallest absolute Gasteiger partial charge is 0.303 e. The maximum absolute atomic E-state index is 12.1. The van der Waals surface area contributed by atoms with Crippen LogP contribution in [0.15, 0.2) is 54.1 Å². The quantitative estimate of drug-likeness (QED) is 0.661. The van der Waals surface area contributed by atoms with Crippen LogP contribution in [0.2, 0.25) is 0 Å². The third kappa shape index (κ3) is 5.34. The Labute approximate surface area is 158 Å². The lowest BCUT2D eigenvalue weighted by atomic mass is 9.90. The second-order valence-electron chi connectivity index (χ2n) is 5.80. The van der Waals surface area contributed by atoms with Gasteiger partial charge >= 0.3 is 5.97 Å². The first-order valence-corrected chi connectivity index (χ1v) is 8.58. The number of methoxy groups -OCH3 is 1. The molecular formula is C21H23NO5. The molecule has 142 valence electrons. The number of amides is 1. The fourth-order valence-electron chi connectivity index (χ4n) is 2.76. The number of hydrogen-bond donors (Lipinski definition) is 2. The van der Waals surface area contributed by atoms with Crippen LogP contribution in [0.4, 0.5) is 0 Å². The van der Waals surface area contributed by atoms with Crippen LogP contribution in [0.5, 0.6) is 11.5 Å². The Kier molecular flexibility index (Phi) is 7.00. The molecule has 3 N–H and O–H groups in total. The zero-order chi connectivity index (χ0) is 19.8. The summed E-state index contributed by atoms with van der Waals surface area (Å²) < 4.78 is 10.6. The van der Waals surface area contributed by atoms with Gasteiger partial charge in [0.15, 0.2) is 0 Å². The molecule has 2 aromatic carbocycles. The first-order valence-electron chi connectivity index (χ1n) is 8.58. The highest BCUT2D eigenvalue weighted by molar-refractivity contribution is 6.04. The van der Waals surface area contributed by atoms with Gasteiger partial charge in [0, 0.05) is 12.0 Å². The number of benzene rings is 2. The lowest BCUT2D eigenvalue weighted by molar-refractivity contribution is -0.136. The number of ether oxygens (including phenoxy) is 2. The van der Waals surface area contributed by atoms with Gasteiger partial charge in [0.2, 0.25) is 5.91 Å². The first kappa shape index (κ1) is 20.0. The zero-order valence-corrected chi connectivity index (χ0v) is 15.4. The van der Waals surface area contributed by atoms with E-state index in [9.17, 15) is 9.59 Å². The van der Waals surface area contributed by atoms with Crippen molar-refractivity contribution in [2.24, 2.45) is 5.73 Å². The number of primary amides is 1. The first-order chi connectivity index (χ1) is 13.0. The van der Waals surface area contributed by atoms with Gasteiger partial charge in [-0.15, -0.1) is 0 Å². The maximum Gasteiger partial charge on any atom is 0.303 e. The Morgan fingerprint density at radius 2 is 1.44 bits per heavy atom. The van der Waals surface area contributed by atoms with E-state index in [2.05, 4.69) is 0 Å². The predicted octanol–water partition coefficient (Wildman–Crippen LogP) is 3.25. The molecule has 0 aliphatic carbocycles. The summed E-state index contributed by atoms with van der Waals surface area (Å²) in [5, 5.41) is 9.02. The van der Waals surface area contributed by atoms with E-state index in [0.717, 1.165) is 11.1 Å². The van der Waals surface area contributed by atoms with Crippen LogP contribution >= 0.6 is 0 Å². The molecule has 2 aromatic rings. The van der Waals surface area contributed by atoms with Crippen LogP contribution in [0.3, 0.4) is 0 Å². The monoisotopic (exact) mass is 369 g/mol. The highest BCUT2D eigenvalue weighted by Crippen LogP contribution is 2.31. The molecule has 0 heterocycles. The topological polar surface area (TPSA) is 98.9 Å². The molecule has 0 fully saturated rings. The number of hydrogen-bond acceptors (Lipinski definition) is 4. The van der Waals surface area contributed by atoms with E-state index in [1.165, 1.54) is 0 Å². The van der Waals surface area contributed by atoms with Gasteiger partial charge in [0.05, 0.1) is 13.7 Å². The normalized spacial score (nSPS) is 11.5. The van der Waals surface area contributed by atoms with E-state index in [1.807, 2.05) is 31.2 Å². The molecule has 0 aliphatic rings. The van der Waals surface area contributed by atoms with Crippen LogP contribution < -0.4 is 15.2 Å². The summed E-state index contributed by atoms with van der Waals surface area (Å²) in [6, 6.07) is 14.4. The van der Waals surface area contributed by atoms with Crippen molar-refractivity contribution in [3.05, 3.63) is 65.2 Å². The minimum absolute atomic E-state index is 0.0409. The summed E-state index contributed by atoms with van der Waals surface area (Å²) in [4.78, 5) is 23.1. The van der Waals surface area contributed by atoms with E-state index in [1.54, 1.807) is 31.4 Å². The Hall–Kier alpha value is -3.28. The van der Waals surface area contributed by atoms with Gasteiger partial charge in [0.1, 0.15) is 11.5 Å². The summed E-state index contributed by atoms with van der Waals surface area (Å²) in [5.74, 6) is -0.247. The second kappa shape index (κ2) is 9.43. The summed E-state index contributed by atoms with van der Waals surface area (Å²) in [6.45, 7) is 2.44. The van der Waals surface area contributed by atoms with Crippen molar-refractivity contribution in [1.29, 1.82) is 0 Å². The third-order valence-electron chi connectivity index (χ3n) is 4.02. The molecule has 27 heavy (non-hydrogen) atoms. The summed E-state index contributed by atoms with van der Waals surface area (Å²) in [7, 11) is 1.57. The van der Waals surface area contributed by atoms with Crippen LogP contribution in [-0.4, -0.2) is 30.7 Å². The van der Waals surface area contributed by atoms with Crippen molar-refractivity contribution >= 4 is 17.4 Å². The van der Waals surface area contributed by atoms with Crippen LogP contribution in [0, 0.1) is 0 Å². The Balaban J connectivity index is 2.59. The van der Waals surface area contributed by atoms with Crippen LogP contribution in [0.25, 0.3) is 5.57 Å². The Bertz CT molecular complexity index is 823. The minimum Gasteiger partial charge on any atom is -0.497 e. The molecule has 0 aromatic heterocycles. The molecule has 0 atom stereocenters. The van der Waals surface area contributed by atoms with Crippen LogP contribution in [0.1, 0.15) is 30.9 Å². The van der Waals surface area contributed by atoms with Gasteiger partial charge < -0.3 is 20.3 Å². The zero-order valence-electron chi connectivity index (χ0n) is 15.4. The van der Waals surface area contributed by atoms with Gasteiger partial charge in [-0.05, 0) is 54.3 Å². The van der Waals surface area contributed by atoms with Crippen molar-refractivity contribution < 1.29 is 24.2 Å². The van der Waals surface area contributed by atoms with Crippen molar-refractivity contribution in [1.82, 2.24) is 0 Å². The molecule has 0 saturated carbocycles. The number of carbonyl (C=O) groups excluding carboxylic acids is 1. The van der Waals surface area contributed by atoms with Gasteiger partial charge in [-0.2, -0.15) is 0 Å². The highest BCUT2D eigenvalue weighted by atomic mass is 16.5. The van der Waals surface area contributed by atoms with Gasteiger partial charge in [-0.3, -0.25) is 9.59 Å². The number of aliphatic carboxylic acids is 1. The standard InChI is InChI=1S/C21H23NO5/c1-3-27-17-10-6-15(7-11-17)20(14-4-8-16(26-2)9-5-14)18(21(22)25)12-13-19(23)24/h4-11H,3,12-13H2,1-2H3,(H2,22,25)(H,23,24). The molecule has 2 rings (SSSR count). The van der Waals surface area contributed by atoms with Crippen molar-refractivity contribution in [3.63, 3.8) is 0 Å². The number of carboxylic acid groups (broad SMARTS) is 1. The van der Waals surface area contributed by atoms with E-state index in [-0.39, 0.29) is 18.4 Å². The fourth-order valence-corrected chi connectivity index (χ4v) is 2.76. The molecule has 0 bridgehead atoms. The second-order valence-corrected chi connectivity index (χ2v) is 5.80. The fraction of sp³-hybridized carbons (Fsp3) is 0.238. The largest absolute Gasteiger partial charge is 0.497 e. The molecule has 6 heteroatoms. The van der Waals surface area contributed by atoms with Crippen molar-refractivity contribution in [3.8, 4) is 11.5 Å². The molecular weight excluding hydrogens is 346 g/mol.